The number of amidine groups is 1. The summed E-state index contributed by atoms with van der Waals surface area (Å²) in [6, 6.07) is 4.00. The number of phenolic OH excluding ortho intramolecular Hbond substituents is 1. The van der Waals surface area contributed by atoms with Crippen LogP contribution in [0.5, 0.6) is 5.75 Å². The molecule has 5 heteroatoms. The number of hydrogen-bond acceptors (Lipinski definition) is 4. The van der Waals surface area contributed by atoms with Crippen LogP contribution in [0.2, 0.25) is 0 Å². The van der Waals surface area contributed by atoms with Crippen molar-refractivity contribution >= 4 is 28.9 Å². The molecule has 0 spiro atoms. The Morgan fingerprint density at radius 2 is 1.56 bits per heavy atom. The van der Waals surface area contributed by atoms with Crippen molar-refractivity contribution in [3.05, 3.63) is 33.7 Å². The smallest absolute Gasteiger partial charge is 0.286 e. The first-order valence-electron chi connectivity index (χ1n) is 9.62. The number of aliphatic imine (C=N–C) groups is 1. The number of hydrogen-bond donors (Lipinski definition) is 1. The summed E-state index contributed by atoms with van der Waals surface area (Å²) in [7, 11) is 0. The van der Waals surface area contributed by atoms with Crippen LogP contribution in [0, 0.1) is 0 Å². The van der Waals surface area contributed by atoms with E-state index in [-0.39, 0.29) is 16.7 Å². The van der Waals surface area contributed by atoms with Crippen LogP contribution in [0.4, 0.5) is 0 Å². The Kier molecular flexibility index (Phi) is 5.19. The summed E-state index contributed by atoms with van der Waals surface area (Å²) in [6.45, 7) is 14.5. The van der Waals surface area contributed by atoms with Gasteiger partial charge < -0.3 is 10.0 Å². The predicted octanol–water partition coefficient (Wildman–Crippen LogP) is 5.05. The molecule has 0 aromatic heterocycles. The monoisotopic (exact) mass is 386 g/mol. The van der Waals surface area contributed by atoms with E-state index in [1.165, 1.54) is 11.8 Å². The molecule has 27 heavy (non-hydrogen) atoms. The second kappa shape index (κ2) is 7.01. The molecule has 0 aliphatic carbocycles. The SMILES string of the molecule is CC(C)(C)c1cc(/C=C2\SC(N3CCCC3)=NC2=O)cc(C(C)(C)C)c1O. The van der Waals surface area contributed by atoms with E-state index in [1.54, 1.807) is 0 Å². The van der Waals surface area contributed by atoms with Gasteiger partial charge in [0.15, 0.2) is 5.17 Å². The number of nitrogens with zero attached hydrogens (tertiary/aromatic N) is 2. The normalized spacial score (nSPS) is 19.9. The van der Waals surface area contributed by atoms with Gasteiger partial charge in [0.05, 0.1) is 4.91 Å². The number of thioether (sulfide) groups is 1. The van der Waals surface area contributed by atoms with Crippen molar-refractivity contribution in [2.24, 2.45) is 4.99 Å². The molecule has 2 aliphatic rings. The Hall–Kier alpha value is -1.75. The molecule has 3 rings (SSSR count). The van der Waals surface area contributed by atoms with Gasteiger partial charge in [-0.3, -0.25) is 4.79 Å². The van der Waals surface area contributed by atoms with Gasteiger partial charge in [-0.2, -0.15) is 4.99 Å². The van der Waals surface area contributed by atoms with Gasteiger partial charge in [0.1, 0.15) is 5.75 Å². The van der Waals surface area contributed by atoms with Crippen molar-refractivity contribution in [1.82, 2.24) is 4.90 Å². The molecule has 0 bridgehead atoms. The number of aromatic hydroxyl groups is 1. The van der Waals surface area contributed by atoms with Crippen LogP contribution in [0.3, 0.4) is 0 Å². The molecule has 1 aromatic rings. The minimum absolute atomic E-state index is 0.162. The van der Waals surface area contributed by atoms with Crippen LogP contribution >= 0.6 is 11.8 Å². The average molecular weight is 387 g/mol. The van der Waals surface area contributed by atoms with Crippen molar-refractivity contribution in [3.63, 3.8) is 0 Å². The molecule has 0 radical (unpaired) electrons. The summed E-state index contributed by atoms with van der Waals surface area (Å²) in [4.78, 5) is 19.5. The number of phenols is 1. The highest BCUT2D eigenvalue weighted by Crippen LogP contribution is 2.41. The Morgan fingerprint density at radius 3 is 2.04 bits per heavy atom. The van der Waals surface area contributed by atoms with Gasteiger partial charge >= 0.3 is 0 Å². The third-order valence-electron chi connectivity index (χ3n) is 5.03. The van der Waals surface area contributed by atoms with Crippen molar-refractivity contribution in [2.45, 2.75) is 65.2 Å². The number of carbonyl (C=O) groups excluding carboxylic acids is 1. The minimum Gasteiger partial charge on any atom is -0.507 e. The maximum Gasteiger partial charge on any atom is 0.286 e. The van der Waals surface area contributed by atoms with E-state index in [2.05, 4.69) is 51.4 Å². The van der Waals surface area contributed by atoms with E-state index >= 15 is 0 Å². The van der Waals surface area contributed by atoms with Gasteiger partial charge in [-0.25, -0.2) is 0 Å². The molecule has 146 valence electrons. The van der Waals surface area contributed by atoms with Crippen molar-refractivity contribution in [1.29, 1.82) is 0 Å². The lowest BCUT2D eigenvalue weighted by atomic mass is 9.78. The maximum atomic E-state index is 12.4. The quantitative estimate of drug-likeness (QED) is 0.686. The fourth-order valence-corrected chi connectivity index (χ4v) is 4.44. The number of likely N-dealkylation sites (tertiary alicyclic amines) is 1. The average Bonchev–Trinajstić information content (AvgIpc) is 3.17. The summed E-state index contributed by atoms with van der Waals surface area (Å²) in [5, 5.41) is 11.7. The van der Waals surface area contributed by atoms with Gasteiger partial charge in [-0.15, -0.1) is 0 Å². The second-order valence-corrected chi connectivity index (χ2v) is 10.5. The van der Waals surface area contributed by atoms with Crippen molar-refractivity contribution in [2.75, 3.05) is 13.1 Å². The molecule has 2 heterocycles. The molecule has 4 nitrogen and oxygen atoms in total. The largest absolute Gasteiger partial charge is 0.507 e. The van der Waals surface area contributed by atoms with E-state index in [9.17, 15) is 9.90 Å². The third kappa shape index (κ3) is 4.23. The van der Waals surface area contributed by atoms with Crippen LogP contribution in [0.15, 0.2) is 22.0 Å². The van der Waals surface area contributed by atoms with Crippen LogP contribution < -0.4 is 0 Å². The van der Waals surface area contributed by atoms with Crippen LogP contribution in [0.25, 0.3) is 6.08 Å². The highest BCUT2D eigenvalue weighted by atomic mass is 32.2. The fraction of sp³-hybridized carbons (Fsp3) is 0.545. The summed E-state index contributed by atoms with van der Waals surface area (Å²) in [5.41, 5.74) is 2.36. The second-order valence-electron chi connectivity index (χ2n) is 9.47. The highest BCUT2D eigenvalue weighted by Gasteiger charge is 2.29. The Labute approximate surface area is 166 Å². The number of rotatable bonds is 1. The highest BCUT2D eigenvalue weighted by molar-refractivity contribution is 8.18. The molecule has 1 fully saturated rings. The first kappa shape index (κ1) is 20.0. The summed E-state index contributed by atoms with van der Waals surface area (Å²) in [6.07, 6.45) is 4.24. The molecule has 1 N–H and O–H groups in total. The zero-order valence-corrected chi connectivity index (χ0v) is 18.0. The minimum atomic E-state index is -0.192. The zero-order chi connectivity index (χ0) is 20.0. The Bertz CT molecular complexity index is 785. The van der Waals surface area contributed by atoms with Gasteiger partial charge in [0.25, 0.3) is 5.91 Å². The lowest BCUT2D eigenvalue weighted by molar-refractivity contribution is -0.113. The van der Waals surface area contributed by atoms with Crippen molar-refractivity contribution in [3.8, 4) is 5.75 Å². The first-order valence-corrected chi connectivity index (χ1v) is 10.4. The zero-order valence-electron chi connectivity index (χ0n) is 17.2. The lowest BCUT2D eigenvalue weighted by Gasteiger charge is -2.28. The van der Waals surface area contributed by atoms with Crippen molar-refractivity contribution < 1.29 is 9.90 Å². The number of carbonyl (C=O) groups is 1. The number of benzene rings is 1. The van der Waals surface area contributed by atoms with E-state index in [1.807, 2.05) is 18.2 Å². The molecule has 2 aliphatic heterocycles. The summed E-state index contributed by atoms with van der Waals surface area (Å²) < 4.78 is 0. The molecular formula is C22H30N2O2S. The third-order valence-corrected chi connectivity index (χ3v) is 6.08. The predicted molar refractivity (Wildman–Crippen MR) is 114 cm³/mol. The van der Waals surface area contributed by atoms with Gasteiger partial charge in [0.2, 0.25) is 0 Å². The molecule has 0 atom stereocenters. The first-order chi connectivity index (χ1) is 12.5. The molecule has 0 saturated carbocycles. The molecule has 1 saturated heterocycles. The fourth-order valence-electron chi connectivity index (χ4n) is 3.48. The van der Waals surface area contributed by atoms with E-state index in [0.29, 0.717) is 10.7 Å². The van der Waals surface area contributed by atoms with Gasteiger partial charge in [-0.1, -0.05) is 41.5 Å². The Morgan fingerprint density at radius 1 is 1.04 bits per heavy atom. The van der Waals surface area contributed by atoms with E-state index in [4.69, 9.17) is 0 Å². The van der Waals surface area contributed by atoms with Crippen LogP contribution in [0.1, 0.15) is 71.1 Å². The summed E-state index contributed by atoms with van der Waals surface area (Å²) in [5.74, 6) is 0.196. The van der Waals surface area contributed by atoms with E-state index in [0.717, 1.165) is 47.8 Å². The molecular weight excluding hydrogens is 356 g/mol. The van der Waals surface area contributed by atoms with Gasteiger partial charge in [0, 0.05) is 24.2 Å². The number of amides is 1. The lowest BCUT2D eigenvalue weighted by Crippen LogP contribution is -2.23. The maximum absolute atomic E-state index is 12.4. The molecule has 0 unspecified atom stereocenters. The topological polar surface area (TPSA) is 52.9 Å². The van der Waals surface area contributed by atoms with E-state index < -0.39 is 0 Å². The van der Waals surface area contributed by atoms with Crippen LogP contribution in [-0.2, 0) is 15.6 Å². The standard InChI is InChI=1S/C22H30N2O2S/c1-21(2,3)15-11-14(12-16(18(15)25)22(4,5)6)13-17-19(26)23-20(27-17)24-9-7-8-10-24/h11-13,25H,7-10H2,1-6H3/b17-13-. The molecule has 1 aromatic carbocycles. The van der Waals surface area contributed by atoms with Gasteiger partial charge in [-0.05, 0) is 59.2 Å². The molecule has 1 amide bonds. The summed E-state index contributed by atoms with van der Waals surface area (Å²) >= 11 is 1.47. The van der Waals surface area contributed by atoms with Crippen LogP contribution in [-0.4, -0.2) is 34.2 Å². The Balaban J connectivity index is 2.00.